The van der Waals surface area contributed by atoms with Gasteiger partial charge in [-0.1, -0.05) is 30.3 Å². The molecule has 2 aromatic carbocycles. The van der Waals surface area contributed by atoms with Crippen LogP contribution in [0.25, 0.3) is 5.69 Å². The number of nitrogens with zero attached hydrogens (tertiary/aromatic N) is 3. The van der Waals surface area contributed by atoms with E-state index in [1.807, 2.05) is 48.5 Å². The van der Waals surface area contributed by atoms with Gasteiger partial charge in [-0.3, -0.25) is 4.79 Å². The average Bonchev–Trinajstić information content (AvgIpc) is 3.18. The molecule has 0 bridgehead atoms. The third-order valence-electron chi connectivity index (χ3n) is 4.07. The Morgan fingerprint density at radius 2 is 1.81 bits per heavy atom. The van der Waals surface area contributed by atoms with Crippen LogP contribution in [0.2, 0.25) is 0 Å². The summed E-state index contributed by atoms with van der Waals surface area (Å²) in [6.07, 6.45) is 1.78. The van der Waals surface area contributed by atoms with E-state index in [0.29, 0.717) is 23.7 Å². The number of para-hydroxylation sites is 2. The summed E-state index contributed by atoms with van der Waals surface area (Å²) in [5.74, 6) is 1.10. The Morgan fingerprint density at radius 1 is 1.04 bits per heavy atom. The van der Waals surface area contributed by atoms with Crippen LogP contribution in [0.3, 0.4) is 0 Å². The molecule has 6 nitrogen and oxygen atoms in total. The lowest BCUT2D eigenvalue weighted by atomic mass is 10.1. The van der Waals surface area contributed by atoms with Gasteiger partial charge in [-0.05, 0) is 24.3 Å². The molecular formula is C20H21N3O3. The molecule has 0 unspecified atom stereocenters. The topological polar surface area (TPSA) is 56.6 Å². The molecule has 0 saturated heterocycles. The van der Waals surface area contributed by atoms with Gasteiger partial charge in [-0.25, -0.2) is 4.68 Å². The van der Waals surface area contributed by atoms with Crippen LogP contribution in [-0.2, 0) is 6.54 Å². The highest BCUT2D eigenvalue weighted by molar-refractivity contribution is 5.92. The van der Waals surface area contributed by atoms with Crippen LogP contribution >= 0.6 is 0 Å². The minimum atomic E-state index is -0.162. The number of carbonyl (C=O) groups is 1. The largest absolute Gasteiger partial charge is 0.493 e. The van der Waals surface area contributed by atoms with Gasteiger partial charge in [-0.15, -0.1) is 0 Å². The fourth-order valence-corrected chi connectivity index (χ4v) is 2.76. The fraction of sp³-hybridized carbons (Fsp3) is 0.200. The molecule has 3 rings (SSSR count). The molecule has 0 aliphatic rings. The summed E-state index contributed by atoms with van der Waals surface area (Å²) in [6.45, 7) is 0.386. The number of benzene rings is 2. The highest BCUT2D eigenvalue weighted by Crippen LogP contribution is 2.31. The average molecular weight is 351 g/mol. The summed E-state index contributed by atoms with van der Waals surface area (Å²) in [5, 5.41) is 4.39. The van der Waals surface area contributed by atoms with E-state index in [9.17, 15) is 4.79 Å². The fourth-order valence-electron chi connectivity index (χ4n) is 2.76. The molecule has 1 aromatic heterocycles. The molecule has 134 valence electrons. The van der Waals surface area contributed by atoms with Crippen LogP contribution < -0.4 is 9.47 Å². The van der Waals surface area contributed by atoms with Crippen LogP contribution in [0, 0.1) is 0 Å². The van der Waals surface area contributed by atoms with Crippen molar-refractivity contribution >= 4 is 5.91 Å². The molecule has 0 aliphatic heterocycles. The maximum Gasteiger partial charge on any atom is 0.274 e. The number of aromatic nitrogens is 2. The maximum atomic E-state index is 12.7. The molecule has 0 saturated carbocycles. The monoisotopic (exact) mass is 351 g/mol. The van der Waals surface area contributed by atoms with Gasteiger partial charge >= 0.3 is 0 Å². The summed E-state index contributed by atoms with van der Waals surface area (Å²) in [5.41, 5.74) is 2.16. The van der Waals surface area contributed by atoms with Gasteiger partial charge in [0, 0.05) is 25.4 Å². The third kappa shape index (κ3) is 3.54. The number of rotatable bonds is 6. The zero-order chi connectivity index (χ0) is 18.5. The SMILES string of the molecule is COc1cccc(CN(C)C(=O)c2ccn(-c3ccccc3)n2)c1OC. The van der Waals surface area contributed by atoms with Crippen LogP contribution in [-0.4, -0.2) is 41.9 Å². The first-order chi connectivity index (χ1) is 12.6. The van der Waals surface area contributed by atoms with Gasteiger partial charge in [0.2, 0.25) is 0 Å². The zero-order valence-electron chi connectivity index (χ0n) is 15.0. The zero-order valence-corrected chi connectivity index (χ0v) is 15.0. The van der Waals surface area contributed by atoms with E-state index in [4.69, 9.17) is 9.47 Å². The summed E-state index contributed by atoms with van der Waals surface area (Å²) in [6, 6.07) is 17.0. The van der Waals surface area contributed by atoms with E-state index in [0.717, 1.165) is 11.3 Å². The molecule has 0 fully saturated rings. The summed E-state index contributed by atoms with van der Waals surface area (Å²) >= 11 is 0. The van der Waals surface area contributed by atoms with Crippen molar-refractivity contribution in [1.82, 2.24) is 14.7 Å². The highest BCUT2D eigenvalue weighted by Gasteiger charge is 2.18. The van der Waals surface area contributed by atoms with E-state index in [1.54, 1.807) is 43.1 Å². The number of hydrogen-bond acceptors (Lipinski definition) is 4. The second-order valence-corrected chi connectivity index (χ2v) is 5.79. The van der Waals surface area contributed by atoms with Gasteiger partial charge in [0.1, 0.15) is 0 Å². The molecule has 0 radical (unpaired) electrons. The summed E-state index contributed by atoms with van der Waals surface area (Å²) < 4.78 is 12.4. The number of methoxy groups -OCH3 is 2. The van der Waals surface area contributed by atoms with Crippen LogP contribution in [0.15, 0.2) is 60.8 Å². The molecule has 0 aliphatic carbocycles. The molecule has 26 heavy (non-hydrogen) atoms. The summed E-state index contributed by atoms with van der Waals surface area (Å²) in [4.78, 5) is 14.3. The van der Waals surface area contributed by atoms with E-state index in [1.165, 1.54) is 0 Å². The van der Waals surface area contributed by atoms with E-state index < -0.39 is 0 Å². The Morgan fingerprint density at radius 3 is 2.50 bits per heavy atom. The molecular weight excluding hydrogens is 330 g/mol. The lowest BCUT2D eigenvalue weighted by molar-refractivity contribution is 0.0777. The molecule has 0 N–H and O–H groups in total. The Kier molecular flexibility index (Phi) is 5.22. The normalized spacial score (nSPS) is 10.4. The van der Waals surface area contributed by atoms with Crippen molar-refractivity contribution in [2.24, 2.45) is 0 Å². The number of amides is 1. The Labute approximate surface area is 152 Å². The molecule has 3 aromatic rings. The van der Waals surface area contributed by atoms with Gasteiger partial charge < -0.3 is 14.4 Å². The predicted octanol–water partition coefficient (Wildman–Crippen LogP) is 3.16. The lowest BCUT2D eigenvalue weighted by Crippen LogP contribution is -2.27. The van der Waals surface area contributed by atoms with Gasteiger partial charge in [0.05, 0.1) is 19.9 Å². The van der Waals surface area contributed by atoms with Crippen LogP contribution in [0.5, 0.6) is 11.5 Å². The summed E-state index contributed by atoms with van der Waals surface area (Å²) in [7, 11) is 4.92. The molecule has 1 heterocycles. The van der Waals surface area contributed by atoms with Crippen molar-refractivity contribution < 1.29 is 14.3 Å². The Hall–Kier alpha value is -3.28. The van der Waals surface area contributed by atoms with Crippen LogP contribution in [0.4, 0.5) is 0 Å². The van der Waals surface area contributed by atoms with E-state index in [2.05, 4.69) is 5.10 Å². The molecule has 0 atom stereocenters. The predicted molar refractivity (Wildman–Crippen MR) is 98.9 cm³/mol. The maximum absolute atomic E-state index is 12.7. The first kappa shape index (κ1) is 17.5. The van der Waals surface area contributed by atoms with E-state index in [-0.39, 0.29) is 5.91 Å². The van der Waals surface area contributed by atoms with Gasteiger partial charge in [0.25, 0.3) is 5.91 Å². The lowest BCUT2D eigenvalue weighted by Gasteiger charge is -2.19. The minimum Gasteiger partial charge on any atom is -0.493 e. The van der Waals surface area contributed by atoms with Crippen molar-refractivity contribution in [3.8, 4) is 17.2 Å². The molecule has 0 spiro atoms. The molecule has 1 amide bonds. The van der Waals surface area contributed by atoms with Crippen LogP contribution in [0.1, 0.15) is 16.1 Å². The molecule has 6 heteroatoms. The first-order valence-corrected chi connectivity index (χ1v) is 8.20. The quantitative estimate of drug-likeness (QED) is 0.684. The number of hydrogen-bond donors (Lipinski definition) is 0. The van der Waals surface area contributed by atoms with Crippen molar-refractivity contribution in [3.05, 3.63) is 72.1 Å². The standard InChI is InChI=1S/C20H21N3O3/c1-22(14-15-8-7-11-18(25-2)19(15)26-3)20(24)17-12-13-23(21-17)16-9-5-4-6-10-16/h4-13H,14H2,1-3H3. The Bertz CT molecular complexity index is 890. The van der Waals surface area contributed by atoms with Gasteiger partial charge in [0.15, 0.2) is 17.2 Å². The van der Waals surface area contributed by atoms with Crippen molar-refractivity contribution in [2.45, 2.75) is 6.54 Å². The Balaban J connectivity index is 1.78. The van der Waals surface area contributed by atoms with Gasteiger partial charge in [-0.2, -0.15) is 5.10 Å². The van der Waals surface area contributed by atoms with Crippen molar-refractivity contribution in [3.63, 3.8) is 0 Å². The highest BCUT2D eigenvalue weighted by atomic mass is 16.5. The minimum absolute atomic E-state index is 0.162. The van der Waals surface area contributed by atoms with Crippen molar-refractivity contribution in [1.29, 1.82) is 0 Å². The number of ether oxygens (including phenoxy) is 2. The number of carbonyl (C=O) groups excluding carboxylic acids is 1. The van der Waals surface area contributed by atoms with Crippen molar-refractivity contribution in [2.75, 3.05) is 21.3 Å². The second-order valence-electron chi connectivity index (χ2n) is 5.79. The first-order valence-electron chi connectivity index (χ1n) is 8.20. The van der Waals surface area contributed by atoms with E-state index >= 15 is 0 Å². The smallest absolute Gasteiger partial charge is 0.274 e. The second kappa shape index (κ2) is 7.74. The third-order valence-corrected chi connectivity index (χ3v) is 4.07.